The number of aliphatic hydroxyl groups excluding tert-OH is 3. The van der Waals surface area contributed by atoms with Crippen LogP contribution in [0.3, 0.4) is 0 Å². The molecule has 334 valence electrons. The van der Waals surface area contributed by atoms with Crippen molar-refractivity contribution in [3.63, 3.8) is 0 Å². The second-order valence-corrected chi connectivity index (χ2v) is 17.1. The van der Waals surface area contributed by atoms with E-state index in [0.717, 1.165) is 0 Å². The lowest BCUT2D eigenvalue weighted by atomic mass is 9.82. The molecule has 16 unspecified atom stereocenters. The maximum Gasteiger partial charge on any atom is 0.309 e. The van der Waals surface area contributed by atoms with E-state index in [2.05, 4.69) is 0 Å². The fourth-order valence-electron chi connectivity index (χ4n) is 8.17. The van der Waals surface area contributed by atoms with Gasteiger partial charge in [0.05, 0.1) is 36.9 Å². The molecule has 3 heterocycles. The maximum absolute atomic E-state index is 13.3. The highest BCUT2D eigenvalue weighted by atomic mass is 16.7. The van der Waals surface area contributed by atoms with E-state index in [1.165, 1.54) is 14.0 Å². The Morgan fingerprint density at radius 2 is 1.69 bits per heavy atom. The Kier molecular flexibility index (Phi) is 19.7. The summed E-state index contributed by atoms with van der Waals surface area (Å²) in [5.41, 5.74) is -1.49. The zero-order chi connectivity index (χ0) is 43.5. The zero-order valence-corrected chi connectivity index (χ0v) is 36.2. The zero-order valence-electron chi connectivity index (χ0n) is 36.2. The van der Waals surface area contributed by atoms with Gasteiger partial charge in [-0.15, -0.1) is 0 Å². The van der Waals surface area contributed by atoms with Gasteiger partial charge >= 0.3 is 17.9 Å². The van der Waals surface area contributed by atoms with Gasteiger partial charge in [0.1, 0.15) is 36.1 Å². The number of hydrogen-bond acceptors (Lipinski definition) is 16. The number of nitrogens with zero attached hydrogens (tertiary/aromatic N) is 1. The first-order chi connectivity index (χ1) is 27.2. The van der Waals surface area contributed by atoms with Gasteiger partial charge in [0.15, 0.2) is 18.7 Å². The van der Waals surface area contributed by atoms with Crippen LogP contribution < -0.4 is 0 Å². The third kappa shape index (κ3) is 14.3. The third-order valence-corrected chi connectivity index (χ3v) is 11.0. The van der Waals surface area contributed by atoms with Crippen molar-refractivity contribution in [3.05, 3.63) is 24.3 Å². The molecule has 16 nitrogen and oxygen atoms in total. The fourth-order valence-corrected chi connectivity index (χ4v) is 8.17. The highest BCUT2D eigenvalue weighted by Crippen LogP contribution is 2.38. The van der Waals surface area contributed by atoms with Gasteiger partial charge in [-0.3, -0.25) is 14.4 Å². The molecule has 0 aromatic heterocycles. The monoisotopic (exact) mass is 829 g/mol. The summed E-state index contributed by atoms with van der Waals surface area (Å²) in [5, 5.41) is 45.0. The maximum atomic E-state index is 13.3. The Hall–Kier alpha value is -2.51. The van der Waals surface area contributed by atoms with Crippen molar-refractivity contribution in [2.75, 3.05) is 27.8 Å². The Morgan fingerprint density at radius 1 is 1.00 bits per heavy atom. The van der Waals surface area contributed by atoms with E-state index in [4.69, 9.17) is 37.9 Å². The first-order valence-corrected chi connectivity index (χ1v) is 20.6. The quantitative estimate of drug-likeness (QED) is 0.165. The first kappa shape index (κ1) is 49.8. The summed E-state index contributed by atoms with van der Waals surface area (Å²) in [4.78, 5) is 40.0. The third-order valence-electron chi connectivity index (χ3n) is 11.0. The number of ether oxygens (including phenoxy) is 8. The summed E-state index contributed by atoms with van der Waals surface area (Å²) < 4.78 is 48.7. The van der Waals surface area contributed by atoms with E-state index in [1.807, 2.05) is 26.8 Å². The van der Waals surface area contributed by atoms with Gasteiger partial charge in [-0.05, 0) is 72.4 Å². The number of rotatable bonds is 12. The number of methoxy groups -OCH3 is 1. The van der Waals surface area contributed by atoms with E-state index >= 15 is 0 Å². The van der Waals surface area contributed by atoms with Crippen LogP contribution in [0.15, 0.2) is 24.3 Å². The Morgan fingerprint density at radius 3 is 2.28 bits per heavy atom. The molecule has 0 bridgehead atoms. The molecule has 16 atom stereocenters. The molecule has 58 heavy (non-hydrogen) atoms. The molecule has 16 heteroatoms. The van der Waals surface area contributed by atoms with Crippen LogP contribution in [0, 0.1) is 17.8 Å². The fraction of sp³-hybridized carbons (Fsp3) is 0.833. The predicted octanol–water partition coefficient (Wildman–Crippen LogP) is 2.81. The molecule has 3 aliphatic rings. The predicted molar refractivity (Wildman–Crippen MR) is 211 cm³/mol. The van der Waals surface area contributed by atoms with Gasteiger partial charge in [0.2, 0.25) is 0 Å². The Balaban J connectivity index is 1.97. The average Bonchev–Trinajstić information content (AvgIpc) is 3.09. The molecular formula is C42H71NO15. The molecule has 0 amide bonds. The standard InChI is InChI=1S/C42H71NO15/c1-23(2)19-32(47)56-40-27(6)53-34(22-42(40,8)50)57-37-26(5)54-41(36(49)35(37)43(9)10)58-38-29(17-18-44)20-24(3)30(46)16-14-12-13-15-25(4)52-33(48)21-31(39(38)51-11)55-28(7)45/h12-14,16,23-27,29-31,34-41,44,46,49-50H,15,17-22H2,1-11H3. The van der Waals surface area contributed by atoms with E-state index in [0.29, 0.717) is 12.8 Å². The number of likely N-dealkylation sites (N-methyl/N-ethyl adjacent to an activating group) is 1. The van der Waals surface area contributed by atoms with Crippen molar-refractivity contribution < 1.29 is 72.7 Å². The lowest BCUT2D eigenvalue weighted by Gasteiger charge is -2.50. The molecular weight excluding hydrogens is 758 g/mol. The second kappa shape index (κ2) is 22.9. The van der Waals surface area contributed by atoms with Crippen molar-refractivity contribution in [2.24, 2.45) is 17.8 Å². The number of esters is 3. The van der Waals surface area contributed by atoms with Crippen LogP contribution in [-0.4, -0.2) is 156 Å². The summed E-state index contributed by atoms with van der Waals surface area (Å²) in [6, 6.07) is -0.762. The van der Waals surface area contributed by atoms with Gasteiger partial charge in [0, 0.05) is 39.9 Å². The molecule has 4 N–H and O–H groups in total. The molecule has 0 aromatic rings. The van der Waals surface area contributed by atoms with Gasteiger partial charge in [-0.1, -0.05) is 45.1 Å². The van der Waals surface area contributed by atoms with Crippen molar-refractivity contribution in [1.29, 1.82) is 0 Å². The molecule has 0 radical (unpaired) electrons. The van der Waals surface area contributed by atoms with E-state index in [-0.39, 0.29) is 44.1 Å². The molecule has 0 saturated carbocycles. The van der Waals surface area contributed by atoms with Gasteiger partial charge in [-0.25, -0.2) is 0 Å². The molecule has 0 spiro atoms. The van der Waals surface area contributed by atoms with Crippen LogP contribution in [0.4, 0.5) is 0 Å². The van der Waals surface area contributed by atoms with Gasteiger partial charge in [-0.2, -0.15) is 0 Å². The lowest BCUT2D eigenvalue weighted by molar-refractivity contribution is -0.344. The highest BCUT2D eigenvalue weighted by Gasteiger charge is 2.53. The van der Waals surface area contributed by atoms with Crippen LogP contribution in [0.25, 0.3) is 0 Å². The molecule has 0 aromatic carbocycles. The van der Waals surface area contributed by atoms with Gasteiger partial charge in [0.25, 0.3) is 0 Å². The average molecular weight is 830 g/mol. The normalized spacial score (nSPS) is 39.7. The Bertz CT molecular complexity index is 1360. The van der Waals surface area contributed by atoms with Crippen molar-refractivity contribution in [2.45, 2.75) is 179 Å². The van der Waals surface area contributed by atoms with E-state index < -0.39 is 109 Å². The number of carbonyl (C=O) groups is 3. The van der Waals surface area contributed by atoms with Crippen molar-refractivity contribution in [1.82, 2.24) is 4.90 Å². The minimum Gasteiger partial charge on any atom is -0.462 e. The van der Waals surface area contributed by atoms with Crippen LogP contribution in [0.5, 0.6) is 0 Å². The molecule has 3 rings (SSSR count). The molecule has 2 saturated heterocycles. The highest BCUT2D eigenvalue weighted by molar-refractivity contribution is 5.72. The number of carbonyl (C=O) groups excluding carboxylic acids is 3. The number of cyclic esters (lactones) is 1. The minimum atomic E-state index is -1.49. The summed E-state index contributed by atoms with van der Waals surface area (Å²) in [5.74, 6) is -2.60. The van der Waals surface area contributed by atoms with Crippen LogP contribution >= 0.6 is 0 Å². The molecule has 0 aliphatic carbocycles. The smallest absolute Gasteiger partial charge is 0.309 e. The molecule has 3 aliphatic heterocycles. The van der Waals surface area contributed by atoms with Crippen molar-refractivity contribution >= 4 is 17.9 Å². The van der Waals surface area contributed by atoms with Crippen LogP contribution in [-0.2, 0) is 52.3 Å². The minimum absolute atomic E-state index is 0.0367. The van der Waals surface area contributed by atoms with E-state index in [9.17, 15) is 34.8 Å². The summed E-state index contributed by atoms with van der Waals surface area (Å²) in [6.45, 7) is 13.3. The summed E-state index contributed by atoms with van der Waals surface area (Å²) in [6.07, 6.45) is -4.06. The number of allylic oxidation sites excluding steroid dienone is 2. The summed E-state index contributed by atoms with van der Waals surface area (Å²) in [7, 11) is 4.91. The molecule has 2 fully saturated rings. The SMILES string of the molecule is COC1C(OC(C)=O)CC(=O)OC(C)CC=CC=CC(O)C(C)CC(CCO)C1OC1OC(C)C(OC2CC(C)(O)C(OC(=O)CC(C)C)C(C)O2)C(N(C)C)C1O. The summed E-state index contributed by atoms with van der Waals surface area (Å²) >= 11 is 0. The number of hydrogen-bond donors (Lipinski definition) is 4. The van der Waals surface area contributed by atoms with Gasteiger partial charge < -0.3 is 63.2 Å². The first-order valence-electron chi connectivity index (χ1n) is 20.6. The largest absolute Gasteiger partial charge is 0.462 e. The topological polar surface area (TPSA) is 209 Å². The van der Waals surface area contributed by atoms with E-state index in [1.54, 1.807) is 64.9 Å². The Labute approximate surface area is 344 Å². The van der Waals surface area contributed by atoms with Crippen LogP contribution in [0.1, 0.15) is 93.9 Å². The van der Waals surface area contributed by atoms with Crippen molar-refractivity contribution in [3.8, 4) is 0 Å². The van der Waals surface area contributed by atoms with Crippen LogP contribution in [0.2, 0.25) is 0 Å². The second-order valence-electron chi connectivity index (χ2n) is 17.1. The number of aliphatic hydroxyl groups is 4. The lowest BCUT2D eigenvalue weighted by Crippen LogP contribution is -2.66.